The van der Waals surface area contributed by atoms with Gasteiger partial charge in [-0.2, -0.15) is 5.10 Å². The number of fused-ring (bicyclic) bond motifs is 1. The van der Waals surface area contributed by atoms with E-state index < -0.39 is 0 Å². The van der Waals surface area contributed by atoms with E-state index >= 15 is 0 Å². The number of amides is 1. The molecule has 0 fully saturated rings. The summed E-state index contributed by atoms with van der Waals surface area (Å²) in [6, 6.07) is 9.51. The fraction of sp³-hybridized carbons (Fsp3) is 0.294. The van der Waals surface area contributed by atoms with Crippen LogP contribution in [-0.2, 0) is 18.4 Å². The molecule has 3 rings (SSSR count). The third kappa shape index (κ3) is 2.92. The van der Waals surface area contributed by atoms with E-state index in [2.05, 4.69) is 10.1 Å². The summed E-state index contributed by atoms with van der Waals surface area (Å²) in [7, 11) is 1.74. The number of para-hydroxylation sites is 1. The second-order valence-corrected chi connectivity index (χ2v) is 5.47. The van der Waals surface area contributed by atoms with Gasteiger partial charge in [0.2, 0.25) is 5.91 Å². The lowest BCUT2D eigenvalue weighted by Gasteiger charge is -2.21. The van der Waals surface area contributed by atoms with E-state index in [1.165, 1.54) is 17.1 Å². The summed E-state index contributed by atoms with van der Waals surface area (Å²) in [5, 5.41) is 4.50. The fourth-order valence-electron chi connectivity index (χ4n) is 2.69. The van der Waals surface area contributed by atoms with Crippen LogP contribution in [0.25, 0.3) is 11.0 Å². The van der Waals surface area contributed by atoms with Crippen LogP contribution < -0.4 is 10.5 Å². The van der Waals surface area contributed by atoms with Gasteiger partial charge >= 0.3 is 0 Å². The molecule has 2 heterocycles. The summed E-state index contributed by atoms with van der Waals surface area (Å²) >= 11 is 0. The largest absolute Gasteiger partial charge is 0.313 e. The number of carbonyl (C=O) groups is 1. The van der Waals surface area contributed by atoms with Gasteiger partial charge in [-0.05, 0) is 19.1 Å². The van der Waals surface area contributed by atoms with Gasteiger partial charge < -0.3 is 4.90 Å². The zero-order valence-electron chi connectivity index (χ0n) is 13.7. The summed E-state index contributed by atoms with van der Waals surface area (Å²) in [5.74, 6) is -0.0260. The van der Waals surface area contributed by atoms with Gasteiger partial charge in [0.05, 0.1) is 12.5 Å². The summed E-state index contributed by atoms with van der Waals surface area (Å²) in [6.45, 7) is 2.80. The maximum atomic E-state index is 12.5. The Kier molecular flexibility index (Phi) is 4.41. The van der Waals surface area contributed by atoms with Crippen LogP contribution in [0.4, 0.5) is 5.69 Å². The van der Waals surface area contributed by atoms with Crippen molar-refractivity contribution in [1.29, 1.82) is 0 Å². The Balaban J connectivity index is 1.76. The van der Waals surface area contributed by atoms with Crippen molar-refractivity contribution < 1.29 is 4.79 Å². The zero-order valence-corrected chi connectivity index (χ0v) is 13.7. The number of rotatable bonds is 5. The normalized spacial score (nSPS) is 10.9. The lowest BCUT2D eigenvalue weighted by atomic mass is 10.2. The minimum absolute atomic E-state index is 0.0260. The molecule has 0 N–H and O–H groups in total. The number of aryl methyl sites for hydroxylation is 2. The number of anilines is 1. The third-order valence-corrected chi connectivity index (χ3v) is 3.97. The molecular formula is C17H19N5O2. The maximum absolute atomic E-state index is 12.5. The molecule has 0 spiro atoms. The number of hydrogen-bond donors (Lipinski definition) is 0. The molecule has 7 heteroatoms. The Labute approximate surface area is 139 Å². The summed E-state index contributed by atoms with van der Waals surface area (Å²) in [5.41, 5.74) is 1.23. The predicted molar refractivity (Wildman–Crippen MR) is 91.9 cm³/mol. The molecule has 0 aliphatic rings. The van der Waals surface area contributed by atoms with Crippen molar-refractivity contribution in [3.05, 3.63) is 53.2 Å². The van der Waals surface area contributed by atoms with Crippen molar-refractivity contribution in [3.8, 4) is 0 Å². The molecule has 0 bridgehead atoms. The van der Waals surface area contributed by atoms with Crippen molar-refractivity contribution >= 4 is 22.6 Å². The molecule has 0 aliphatic heterocycles. The molecule has 0 saturated heterocycles. The van der Waals surface area contributed by atoms with Crippen LogP contribution in [0.15, 0.2) is 47.7 Å². The highest BCUT2D eigenvalue weighted by molar-refractivity contribution is 5.93. The average molecular weight is 325 g/mol. The number of nitrogens with zero attached hydrogens (tertiary/aromatic N) is 5. The fourth-order valence-corrected chi connectivity index (χ4v) is 2.69. The van der Waals surface area contributed by atoms with Crippen molar-refractivity contribution in [1.82, 2.24) is 19.3 Å². The van der Waals surface area contributed by atoms with Crippen molar-refractivity contribution in [2.75, 3.05) is 11.4 Å². The van der Waals surface area contributed by atoms with Gasteiger partial charge in [0, 0.05) is 32.2 Å². The smallest absolute Gasteiger partial charge is 0.264 e. The van der Waals surface area contributed by atoms with Crippen LogP contribution in [-0.4, -0.2) is 31.8 Å². The second kappa shape index (κ2) is 6.66. The molecule has 0 saturated carbocycles. The molecule has 0 radical (unpaired) electrons. The number of hydrogen-bond acceptors (Lipinski definition) is 4. The van der Waals surface area contributed by atoms with Crippen LogP contribution in [0.1, 0.15) is 13.3 Å². The highest BCUT2D eigenvalue weighted by Gasteiger charge is 2.14. The SMILES string of the molecule is CCN(C(=O)CCn1cnc2c(cnn2C)c1=O)c1ccccc1. The summed E-state index contributed by atoms with van der Waals surface area (Å²) in [6.07, 6.45) is 3.21. The van der Waals surface area contributed by atoms with Crippen LogP contribution >= 0.6 is 0 Å². The minimum atomic E-state index is -0.177. The highest BCUT2D eigenvalue weighted by atomic mass is 16.2. The molecule has 2 aromatic heterocycles. The van der Waals surface area contributed by atoms with E-state index in [9.17, 15) is 9.59 Å². The maximum Gasteiger partial charge on any atom is 0.264 e. The average Bonchev–Trinajstić information content (AvgIpc) is 2.98. The van der Waals surface area contributed by atoms with Crippen LogP contribution in [0, 0.1) is 0 Å². The Hall–Kier alpha value is -2.96. The lowest BCUT2D eigenvalue weighted by molar-refractivity contribution is -0.118. The molecular weight excluding hydrogens is 306 g/mol. The molecule has 7 nitrogen and oxygen atoms in total. The Morgan fingerprint density at radius 3 is 2.71 bits per heavy atom. The molecule has 124 valence electrons. The Bertz CT molecular complexity index is 914. The zero-order chi connectivity index (χ0) is 17.1. The van der Waals surface area contributed by atoms with Crippen LogP contribution in [0.2, 0.25) is 0 Å². The van der Waals surface area contributed by atoms with Gasteiger partial charge in [0.25, 0.3) is 5.56 Å². The first kappa shape index (κ1) is 15.9. The first-order valence-electron chi connectivity index (χ1n) is 7.84. The van der Waals surface area contributed by atoms with E-state index in [1.54, 1.807) is 16.6 Å². The standard InChI is InChI=1S/C17H19N5O2/c1-3-22(13-7-5-4-6-8-13)15(23)9-10-21-12-18-16-14(17(21)24)11-19-20(16)2/h4-8,11-12H,3,9-10H2,1-2H3. The van der Waals surface area contributed by atoms with E-state index in [-0.39, 0.29) is 17.9 Å². The predicted octanol–water partition coefficient (Wildman–Crippen LogP) is 1.57. The molecule has 0 atom stereocenters. The van der Waals surface area contributed by atoms with Gasteiger partial charge in [-0.3, -0.25) is 18.8 Å². The van der Waals surface area contributed by atoms with Gasteiger partial charge in [-0.1, -0.05) is 18.2 Å². The van der Waals surface area contributed by atoms with Gasteiger partial charge in [-0.25, -0.2) is 4.98 Å². The van der Waals surface area contributed by atoms with Crippen molar-refractivity contribution in [3.63, 3.8) is 0 Å². The lowest BCUT2D eigenvalue weighted by Crippen LogP contribution is -2.32. The van der Waals surface area contributed by atoms with Crippen LogP contribution in [0.5, 0.6) is 0 Å². The monoisotopic (exact) mass is 325 g/mol. The van der Waals surface area contributed by atoms with Crippen molar-refractivity contribution in [2.24, 2.45) is 7.05 Å². The van der Waals surface area contributed by atoms with Gasteiger partial charge in [0.1, 0.15) is 5.39 Å². The number of carbonyl (C=O) groups excluding carboxylic acids is 1. The molecule has 24 heavy (non-hydrogen) atoms. The topological polar surface area (TPSA) is 73.0 Å². The summed E-state index contributed by atoms with van der Waals surface area (Å²) < 4.78 is 3.02. The van der Waals surface area contributed by atoms with E-state index in [4.69, 9.17) is 0 Å². The molecule has 0 unspecified atom stereocenters. The van der Waals surface area contributed by atoms with E-state index in [0.717, 1.165) is 5.69 Å². The molecule has 1 amide bonds. The molecule has 0 aliphatic carbocycles. The molecule has 3 aromatic rings. The first-order valence-corrected chi connectivity index (χ1v) is 7.84. The quantitative estimate of drug-likeness (QED) is 0.714. The second-order valence-electron chi connectivity index (χ2n) is 5.47. The van der Waals surface area contributed by atoms with Crippen LogP contribution in [0.3, 0.4) is 0 Å². The van der Waals surface area contributed by atoms with E-state index in [1.807, 2.05) is 37.3 Å². The van der Waals surface area contributed by atoms with Gasteiger partial charge in [-0.15, -0.1) is 0 Å². The third-order valence-electron chi connectivity index (χ3n) is 3.97. The molecule has 1 aromatic carbocycles. The minimum Gasteiger partial charge on any atom is -0.313 e. The first-order chi connectivity index (χ1) is 11.6. The van der Waals surface area contributed by atoms with Gasteiger partial charge in [0.15, 0.2) is 5.65 Å². The van der Waals surface area contributed by atoms with Crippen molar-refractivity contribution in [2.45, 2.75) is 19.9 Å². The highest BCUT2D eigenvalue weighted by Crippen LogP contribution is 2.14. The van der Waals surface area contributed by atoms with E-state index in [0.29, 0.717) is 24.1 Å². The summed E-state index contributed by atoms with van der Waals surface area (Å²) in [4.78, 5) is 30.9. The number of benzene rings is 1. The Morgan fingerprint density at radius 2 is 2.00 bits per heavy atom. The Morgan fingerprint density at radius 1 is 1.25 bits per heavy atom. The number of aromatic nitrogens is 4.